The highest BCUT2D eigenvalue weighted by atomic mass is 16.3. The van der Waals surface area contributed by atoms with Gasteiger partial charge in [0.2, 0.25) is 0 Å². The van der Waals surface area contributed by atoms with Crippen molar-refractivity contribution in [2.24, 2.45) is 0 Å². The lowest BCUT2D eigenvalue weighted by molar-refractivity contribution is 0.144. The molecule has 1 atom stereocenters. The Bertz CT molecular complexity index is 382. The molecule has 1 rings (SSSR count). The topological polar surface area (TPSA) is 32.3 Å². The smallest absolute Gasteiger partial charge is 0.131 e. The van der Waals surface area contributed by atoms with Gasteiger partial charge in [-0.25, -0.2) is 0 Å². The second-order valence-corrected chi connectivity index (χ2v) is 3.72. The zero-order chi connectivity index (χ0) is 12.0. The molecule has 0 amide bonds. The van der Waals surface area contributed by atoms with Crippen LogP contribution in [0.15, 0.2) is 36.9 Å². The Morgan fingerprint density at radius 1 is 1.50 bits per heavy atom. The summed E-state index contributed by atoms with van der Waals surface area (Å²) >= 11 is 0. The molecule has 0 aliphatic rings. The Labute approximate surface area is 97.3 Å². The van der Waals surface area contributed by atoms with E-state index in [-0.39, 0.29) is 0 Å². The lowest BCUT2D eigenvalue weighted by Crippen LogP contribution is -2.20. The molecule has 0 heterocycles. The van der Waals surface area contributed by atoms with Crippen LogP contribution in [0.5, 0.6) is 0 Å². The van der Waals surface area contributed by atoms with Crippen molar-refractivity contribution in [2.75, 3.05) is 6.54 Å². The molecule has 2 N–H and O–H groups in total. The summed E-state index contributed by atoms with van der Waals surface area (Å²) in [6, 6.07) is 5.95. The number of hydrogen-bond donors (Lipinski definition) is 2. The Morgan fingerprint density at radius 2 is 2.25 bits per heavy atom. The molecule has 0 bridgehead atoms. The molecule has 0 aliphatic carbocycles. The lowest BCUT2D eigenvalue weighted by atomic mass is 10.0. The molecular weight excluding hydrogens is 198 g/mol. The van der Waals surface area contributed by atoms with Crippen LogP contribution in [0, 0.1) is 6.92 Å². The molecule has 0 spiro atoms. The predicted octanol–water partition coefficient (Wildman–Crippen LogP) is 2.79. The van der Waals surface area contributed by atoms with Gasteiger partial charge in [0, 0.05) is 6.54 Å². The van der Waals surface area contributed by atoms with Gasteiger partial charge in [-0.1, -0.05) is 30.4 Å². The Hall–Kier alpha value is -1.38. The number of aliphatic hydroxyl groups is 1. The highest BCUT2D eigenvalue weighted by Gasteiger charge is 2.06. The van der Waals surface area contributed by atoms with Crippen molar-refractivity contribution in [3.63, 3.8) is 0 Å². The summed E-state index contributed by atoms with van der Waals surface area (Å²) in [6.45, 7) is 8.24. The third-order valence-electron chi connectivity index (χ3n) is 2.42. The monoisotopic (exact) mass is 217 g/mol. The largest absolute Gasteiger partial charge is 0.374 e. The van der Waals surface area contributed by atoms with Crippen LogP contribution in [0.2, 0.25) is 0 Å². The predicted molar refractivity (Wildman–Crippen MR) is 69.0 cm³/mol. The summed E-state index contributed by atoms with van der Waals surface area (Å²) in [7, 11) is 0. The van der Waals surface area contributed by atoms with Crippen LogP contribution < -0.4 is 5.32 Å². The molecule has 86 valence electrons. The van der Waals surface area contributed by atoms with Gasteiger partial charge in [0.1, 0.15) is 6.23 Å². The van der Waals surface area contributed by atoms with Gasteiger partial charge >= 0.3 is 0 Å². The standard InChI is InChI=1S/C14H19NO/c1-4-6-12-10-13(8-7-11(12)3)14(16)15-9-5-2/h4-8,10,14-16H,2,9H2,1,3H3/b6-4+. The van der Waals surface area contributed by atoms with E-state index < -0.39 is 6.23 Å². The number of aliphatic hydroxyl groups excluding tert-OH is 1. The Kier molecular flexibility index (Phi) is 4.96. The second-order valence-electron chi connectivity index (χ2n) is 3.72. The third-order valence-corrected chi connectivity index (χ3v) is 2.42. The molecular formula is C14H19NO. The summed E-state index contributed by atoms with van der Waals surface area (Å²) < 4.78 is 0. The van der Waals surface area contributed by atoms with E-state index in [0.717, 1.165) is 11.1 Å². The van der Waals surface area contributed by atoms with Gasteiger partial charge in [-0.2, -0.15) is 0 Å². The van der Waals surface area contributed by atoms with Crippen molar-refractivity contribution in [3.8, 4) is 0 Å². The minimum atomic E-state index is -0.636. The molecule has 1 aromatic carbocycles. The number of rotatable bonds is 5. The highest BCUT2D eigenvalue weighted by molar-refractivity contribution is 5.54. The number of allylic oxidation sites excluding steroid dienone is 1. The van der Waals surface area contributed by atoms with E-state index in [4.69, 9.17) is 0 Å². The third kappa shape index (κ3) is 3.33. The average molecular weight is 217 g/mol. The van der Waals surface area contributed by atoms with E-state index in [1.54, 1.807) is 6.08 Å². The maximum Gasteiger partial charge on any atom is 0.131 e. The summed E-state index contributed by atoms with van der Waals surface area (Å²) in [5.41, 5.74) is 3.22. The molecule has 16 heavy (non-hydrogen) atoms. The van der Waals surface area contributed by atoms with Crippen molar-refractivity contribution in [3.05, 3.63) is 53.6 Å². The maximum atomic E-state index is 9.85. The zero-order valence-electron chi connectivity index (χ0n) is 9.90. The molecule has 0 fully saturated rings. The van der Waals surface area contributed by atoms with Crippen molar-refractivity contribution in [2.45, 2.75) is 20.1 Å². The van der Waals surface area contributed by atoms with Gasteiger partial charge in [-0.3, -0.25) is 5.32 Å². The fourth-order valence-corrected chi connectivity index (χ4v) is 1.50. The quantitative estimate of drug-likeness (QED) is 0.587. The Morgan fingerprint density at radius 3 is 2.88 bits per heavy atom. The first kappa shape index (κ1) is 12.7. The molecule has 2 nitrogen and oxygen atoms in total. The highest BCUT2D eigenvalue weighted by Crippen LogP contribution is 2.17. The molecule has 0 saturated heterocycles. The molecule has 2 heteroatoms. The molecule has 0 aromatic heterocycles. The van der Waals surface area contributed by atoms with Gasteiger partial charge in [0.05, 0.1) is 0 Å². The van der Waals surface area contributed by atoms with Crippen LogP contribution in [-0.2, 0) is 0 Å². The number of nitrogens with one attached hydrogen (secondary N) is 1. The number of benzene rings is 1. The van der Waals surface area contributed by atoms with Crippen molar-refractivity contribution in [1.82, 2.24) is 5.32 Å². The van der Waals surface area contributed by atoms with Crippen LogP contribution >= 0.6 is 0 Å². The normalized spacial score (nSPS) is 12.9. The molecule has 0 radical (unpaired) electrons. The summed E-state index contributed by atoms with van der Waals surface area (Å²) in [4.78, 5) is 0. The first-order valence-corrected chi connectivity index (χ1v) is 5.44. The number of hydrogen-bond acceptors (Lipinski definition) is 2. The van der Waals surface area contributed by atoms with Crippen molar-refractivity contribution in [1.29, 1.82) is 0 Å². The average Bonchev–Trinajstić information content (AvgIpc) is 2.29. The van der Waals surface area contributed by atoms with Gasteiger partial charge in [-0.15, -0.1) is 6.58 Å². The van der Waals surface area contributed by atoms with Gasteiger partial charge in [0.15, 0.2) is 0 Å². The first-order valence-electron chi connectivity index (χ1n) is 5.44. The summed E-state index contributed by atoms with van der Waals surface area (Å²) in [5, 5.41) is 12.8. The first-order chi connectivity index (χ1) is 7.69. The van der Waals surface area contributed by atoms with E-state index >= 15 is 0 Å². The molecule has 1 unspecified atom stereocenters. The SMILES string of the molecule is C=CCNC(O)c1ccc(C)c(/C=C/C)c1. The Balaban J connectivity index is 2.88. The number of aryl methyl sites for hydroxylation is 1. The molecule has 0 saturated carbocycles. The fraction of sp³-hybridized carbons (Fsp3) is 0.286. The van der Waals surface area contributed by atoms with E-state index in [1.807, 2.05) is 37.3 Å². The van der Waals surface area contributed by atoms with E-state index in [2.05, 4.69) is 18.8 Å². The van der Waals surface area contributed by atoms with Crippen LogP contribution in [0.3, 0.4) is 0 Å². The van der Waals surface area contributed by atoms with Crippen LogP contribution in [0.1, 0.15) is 29.8 Å². The molecule has 1 aromatic rings. The van der Waals surface area contributed by atoms with E-state index in [0.29, 0.717) is 6.54 Å². The maximum absolute atomic E-state index is 9.85. The van der Waals surface area contributed by atoms with Crippen molar-refractivity contribution < 1.29 is 5.11 Å². The zero-order valence-corrected chi connectivity index (χ0v) is 9.90. The van der Waals surface area contributed by atoms with Crippen LogP contribution in [0.25, 0.3) is 6.08 Å². The molecule has 0 aliphatic heterocycles. The minimum absolute atomic E-state index is 0.591. The van der Waals surface area contributed by atoms with Gasteiger partial charge in [0.25, 0.3) is 0 Å². The minimum Gasteiger partial charge on any atom is -0.374 e. The van der Waals surface area contributed by atoms with Gasteiger partial charge < -0.3 is 5.11 Å². The van der Waals surface area contributed by atoms with Crippen molar-refractivity contribution >= 4 is 6.08 Å². The van der Waals surface area contributed by atoms with E-state index in [9.17, 15) is 5.11 Å². The summed E-state index contributed by atoms with van der Waals surface area (Å²) in [5.74, 6) is 0. The van der Waals surface area contributed by atoms with Crippen LogP contribution in [-0.4, -0.2) is 11.7 Å². The fourth-order valence-electron chi connectivity index (χ4n) is 1.50. The second kappa shape index (κ2) is 6.26. The lowest BCUT2D eigenvalue weighted by Gasteiger charge is -2.13. The van der Waals surface area contributed by atoms with E-state index in [1.165, 1.54) is 5.56 Å². The summed E-state index contributed by atoms with van der Waals surface area (Å²) in [6.07, 6.45) is 5.13. The van der Waals surface area contributed by atoms with Gasteiger partial charge in [-0.05, 0) is 36.6 Å². The van der Waals surface area contributed by atoms with Crippen LogP contribution in [0.4, 0.5) is 0 Å².